The lowest BCUT2D eigenvalue weighted by atomic mass is 10.1. The van der Waals surface area contributed by atoms with Gasteiger partial charge in [-0.25, -0.2) is 9.50 Å². The van der Waals surface area contributed by atoms with Crippen LogP contribution < -0.4 is 0 Å². The Morgan fingerprint density at radius 3 is 2.42 bits per heavy atom. The van der Waals surface area contributed by atoms with Crippen molar-refractivity contribution in [3.05, 3.63) is 57.6 Å². The highest BCUT2D eigenvalue weighted by Crippen LogP contribution is 2.27. The molecule has 1 unspecified atom stereocenters. The number of ketones is 1. The second-order valence-electron chi connectivity index (χ2n) is 6.91. The van der Waals surface area contributed by atoms with Gasteiger partial charge in [0.25, 0.3) is 11.6 Å². The van der Waals surface area contributed by atoms with Crippen molar-refractivity contribution in [3.63, 3.8) is 0 Å². The topological polar surface area (TPSA) is 86.4 Å². The molecule has 0 aliphatic heterocycles. The van der Waals surface area contributed by atoms with Crippen molar-refractivity contribution in [2.45, 2.75) is 45.9 Å². The van der Waals surface area contributed by atoms with Crippen LogP contribution in [-0.2, 0) is 22.1 Å². The molecule has 0 amide bonds. The fourth-order valence-corrected chi connectivity index (χ4v) is 3.20. The van der Waals surface area contributed by atoms with Gasteiger partial charge in [-0.15, -0.1) is 5.10 Å². The number of hydrogen-bond acceptors (Lipinski definition) is 6. The molecule has 2 heterocycles. The van der Waals surface area contributed by atoms with Gasteiger partial charge in [-0.3, -0.25) is 9.59 Å². The van der Waals surface area contributed by atoms with Gasteiger partial charge in [-0.2, -0.15) is 18.2 Å². The number of halogens is 4. The molecule has 0 spiro atoms. The Kier molecular flexibility index (Phi) is 6.30. The summed E-state index contributed by atoms with van der Waals surface area (Å²) in [4.78, 5) is 32.1. The average Bonchev–Trinajstić information content (AvgIpc) is 3.12. The smallest absolute Gasteiger partial charge is 0.453 e. The SMILES string of the molecule is Cc1nc2nc(C(F)(F)F)nn2c(C)c1CCC(=O)OC(C)C(=O)c1ccc(Cl)cc1. The molecule has 3 aromatic rings. The summed E-state index contributed by atoms with van der Waals surface area (Å²) in [6, 6.07) is 6.20. The van der Waals surface area contributed by atoms with Crippen molar-refractivity contribution in [1.82, 2.24) is 19.6 Å². The largest absolute Gasteiger partial charge is 0.454 e. The Morgan fingerprint density at radius 2 is 1.81 bits per heavy atom. The van der Waals surface area contributed by atoms with Crippen molar-refractivity contribution >= 4 is 29.1 Å². The Balaban J connectivity index is 1.69. The molecule has 2 aromatic heterocycles. The van der Waals surface area contributed by atoms with Crippen molar-refractivity contribution in [2.75, 3.05) is 0 Å². The quantitative estimate of drug-likeness (QED) is 0.410. The predicted octanol–water partition coefficient (Wildman–Crippen LogP) is 4.16. The number of aromatic nitrogens is 4. The molecule has 0 aliphatic carbocycles. The van der Waals surface area contributed by atoms with E-state index in [1.165, 1.54) is 19.1 Å². The van der Waals surface area contributed by atoms with Gasteiger partial charge in [-0.1, -0.05) is 11.6 Å². The summed E-state index contributed by atoms with van der Waals surface area (Å²) in [6.45, 7) is 4.65. The van der Waals surface area contributed by atoms with Crippen LogP contribution in [0.15, 0.2) is 24.3 Å². The van der Waals surface area contributed by atoms with Crippen molar-refractivity contribution < 1.29 is 27.5 Å². The normalized spacial score (nSPS) is 12.7. The first-order valence-electron chi connectivity index (χ1n) is 9.26. The van der Waals surface area contributed by atoms with E-state index in [1.807, 2.05) is 0 Å². The van der Waals surface area contributed by atoms with Crippen LogP contribution in [0.5, 0.6) is 0 Å². The van der Waals surface area contributed by atoms with E-state index < -0.39 is 24.1 Å². The van der Waals surface area contributed by atoms with E-state index >= 15 is 0 Å². The molecule has 164 valence electrons. The lowest BCUT2D eigenvalue weighted by molar-refractivity contribution is -0.146. The zero-order valence-corrected chi connectivity index (χ0v) is 17.6. The number of benzene rings is 1. The molecule has 31 heavy (non-hydrogen) atoms. The number of hydrogen-bond donors (Lipinski definition) is 0. The van der Waals surface area contributed by atoms with Crippen LogP contribution in [0, 0.1) is 13.8 Å². The maximum atomic E-state index is 12.9. The lowest BCUT2D eigenvalue weighted by Gasteiger charge is -2.14. The summed E-state index contributed by atoms with van der Waals surface area (Å²) in [6.07, 6.45) is -5.62. The van der Waals surface area contributed by atoms with E-state index in [4.69, 9.17) is 16.3 Å². The van der Waals surface area contributed by atoms with Gasteiger partial charge < -0.3 is 4.74 Å². The summed E-state index contributed by atoms with van der Waals surface area (Å²) in [5, 5.41) is 3.95. The number of carbonyl (C=O) groups is 2. The third kappa shape index (κ3) is 5.01. The van der Waals surface area contributed by atoms with E-state index in [0.717, 1.165) is 4.52 Å². The molecule has 1 atom stereocenters. The number of alkyl halides is 3. The highest BCUT2D eigenvalue weighted by atomic mass is 35.5. The monoisotopic (exact) mass is 454 g/mol. The van der Waals surface area contributed by atoms with Crippen molar-refractivity contribution in [3.8, 4) is 0 Å². The van der Waals surface area contributed by atoms with E-state index in [0.29, 0.717) is 27.5 Å². The highest BCUT2D eigenvalue weighted by Gasteiger charge is 2.37. The number of rotatable bonds is 6. The first kappa shape index (κ1) is 22.7. The molecule has 0 saturated heterocycles. The fourth-order valence-electron chi connectivity index (χ4n) is 3.08. The second kappa shape index (κ2) is 8.62. The zero-order valence-electron chi connectivity index (χ0n) is 16.8. The summed E-state index contributed by atoms with van der Waals surface area (Å²) in [7, 11) is 0. The molecule has 11 heteroatoms. The zero-order chi connectivity index (χ0) is 22.9. The third-order valence-electron chi connectivity index (χ3n) is 4.69. The van der Waals surface area contributed by atoms with Crippen LogP contribution in [0.4, 0.5) is 13.2 Å². The van der Waals surface area contributed by atoms with Gasteiger partial charge in [0.15, 0.2) is 6.10 Å². The Hall–Kier alpha value is -3.01. The van der Waals surface area contributed by atoms with Gasteiger partial charge in [0.2, 0.25) is 5.78 Å². The van der Waals surface area contributed by atoms with Gasteiger partial charge in [0.05, 0.1) is 0 Å². The average molecular weight is 455 g/mol. The van der Waals surface area contributed by atoms with Crippen molar-refractivity contribution in [2.24, 2.45) is 0 Å². The first-order chi connectivity index (χ1) is 14.5. The van der Waals surface area contributed by atoms with E-state index in [2.05, 4.69) is 15.1 Å². The molecule has 0 fully saturated rings. The van der Waals surface area contributed by atoms with E-state index in [1.54, 1.807) is 26.0 Å². The first-order valence-corrected chi connectivity index (χ1v) is 9.64. The molecule has 3 rings (SSSR count). The molecule has 7 nitrogen and oxygen atoms in total. The molecular formula is C20H18ClF3N4O3. The lowest BCUT2D eigenvalue weighted by Crippen LogP contribution is -2.24. The predicted molar refractivity (Wildman–Crippen MR) is 105 cm³/mol. The minimum Gasteiger partial charge on any atom is -0.454 e. The Morgan fingerprint density at radius 1 is 1.16 bits per heavy atom. The van der Waals surface area contributed by atoms with Crippen LogP contribution in [0.1, 0.15) is 46.5 Å². The standard InChI is InChI=1S/C20H18ClF3N4O3/c1-10-15(11(2)28-19(25-10)26-18(27-28)20(22,23)24)8-9-16(29)31-12(3)17(30)13-4-6-14(21)7-5-13/h4-7,12H,8-9H2,1-3H3. The van der Waals surface area contributed by atoms with Crippen LogP contribution in [-0.4, -0.2) is 37.4 Å². The summed E-state index contributed by atoms with van der Waals surface area (Å²) in [5.74, 6) is -2.45. The number of Topliss-reactive ketones (excluding diaryl/α,β-unsaturated/α-hetero) is 1. The molecule has 0 bridgehead atoms. The Bertz CT molecular complexity index is 1140. The maximum absolute atomic E-state index is 12.9. The second-order valence-corrected chi connectivity index (χ2v) is 7.35. The molecule has 0 N–H and O–H groups in total. The van der Waals surface area contributed by atoms with E-state index in [9.17, 15) is 22.8 Å². The molecule has 0 aliphatic rings. The summed E-state index contributed by atoms with van der Waals surface area (Å²) < 4.78 is 44.9. The number of nitrogens with zero attached hydrogens (tertiary/aromatic N) is 4. The van der Waals surface area contributed by atoms with Gasteiger partial charge >= 0.3 is 12.1 Å². The van der Waals surface area contributed by atoms with Crippen LogP contribution in [0.25, 0.3) is 5.78 Å². The number of esters is 1. The molecular weight excluding hydrogens is 437 g/mol. The van der Waals surface area contributed by atoms with Gasteiger partial charge in [-0.05, 0) is 57.0 Å². The molecule has 0 radical (unpaired) electrons. The number of ether oxygens (including phenoxy) is 1. The van der Waals surface area contributed by atoms with Crippen LogP contribution in [0.2, 0.25) is 5.02 Å². The fraction of sp³-hybridized carbons (Fsp3) is 0.350. The number of aryl methyl sites for hydroxylation is 2. The molecule has 1 aromatic carbocycles. The van der Waals surface area contributed by atoms with Crippen LogP contribution in [0.3, 0.4) is 0 Å². The third-order valence-corrected chi connectivity index (χ3v) is 4.94. The van der Waals surface area contributed by atoms with Gasteiger partial charge in [0.1, 0.15) is 0 Å². The van der Waals surface area contributed by atoms with Crippen LogP contribution >= 0.6 is 11.6 Å². The maximum Gasteiger partial charge on any atom is 0.453 e. The van der Waals surface area contributed by atoms with Gasteiger partial charge in [0, 0.05) is 28.4 Å². The molecule has 0 saturated carbocycles. The minimum atomic E-state index is -4.69. The minimum absolute atomic E-state index is 0.0894. The highest BCUT2D eigenvalue weighted by molar-refractivity contribution is 6.30. The van der Waals surface area contributed by atoms with Crippen molar-refractivity contribution in [1.29, 1.82) is 0 Å². The number of carbonyl (C=O) groups excluding carboxylic acids is 2. The Labute approximate surface area is 180 Å². The summed E-state index contributed by atoms with van der Waals surface area (Å²) >= 11 is 5.80. The van der Waals surface area contributed by atoms with E-state index in [-0.39, 0.29) is 24.4 Å². The number of fused-ring (bicyclic) bond motifs is 1. The summed E-state index contributed by atoms with van der Waals surface area (Å²) in [5.41, 5.74) is 1.74.